The third kappa shape index (κ3) is 2.28. The number of hydrogen-bond acceptors (Lipinski definition) is 0. The fourth-order valence-electron chi connectivity index (χ4n) is 3.94. The van der Waals surface area contributed by atoms with E-state index in [0.717, 1.165) is 11.8 Å². The van der Waals surface area contributed by atoms with Crippen molar-refractivity contribution in [3.63, 3.8) is 0 Å². The van der Waals surface area contributed by atoms with Crippen LogP contribution in [0.2, 0.25) is 0 Å². The highest BCUT2D eigenvalue weighted by molar-refractivity contribution is 5.39. The minimum absolute atomic E-state index is 0.146. The monoisotopic (exact) mass is 264 g/mol. The zero-order chi connectivity index (χ0) is 14.0. The normalized spacial score (nSPS) is 22.9. The molecule has 0 nitrogen and oxygen atoms in total. The topological polar surface area (TPSA) is 0 Å². The summed E-state index contributed by atoms with van der Waals surface area (Å²) in [6, 6.07) is 22.1. The molecule has 0 aliphatic heterocycles. The summed E-state index contributed by atoms with van der Waals surface area (Å²) in [6.07, 6.45) is 4.07. The van der Waals surface area contributed by atoms with E-state index in [-0.39, 0.29) is 5.41 Å². The molecular weight excluding hydrogens is 240 g/mol. The number of hydrogen-bond donors (Lipinski definition) is 0. The Morgan fingerprint density at radius 2 is 1.30 bits per heavy atom. The van der Waals surface area contributed by atoms with E-state index < -0.39 is 0 Å². The molecule has 20 heavy (non-hydrogen) atoms. The molecule has 1 aliphatic carbocycles. The fraction of sp³-hybridized carbons (Fsp3) is 0.400. The van der Waals surface area contributed by atoms with E-state index in [0.29, 0.717) is 0 Å². The molecule has 1 fully saturated rings. The van der Waals surface area contributed by atoms with Crippen LogP contribution in [0.1, 0.15) is 44.2 Å². The van der Waals surface area contributed by atoms with E-state index in [9.17, 15) is 0 Å². The van der Waals surface area contributed by atoms with Crippen LogP contribution in [-0.4, -0.2) is 0 Å². The van der Waals surface area contributed by atoms with Gasteiger partial charge in [0, 0.05) is 5.41 Å². The first-order valence-electron chi connectivity index (χ1n) is 7.82. The predicted octanol–water partition coefficient (Wildman–Crippen LogP) is 5.43. The van der Waals surface area contributed by atoms with Gasteiger partial charge in [0.15, 0.2) is 0 Å². The van der Waals surface area contributed by atoms with E-state index >= 15 is 0 Å². The highest BCUT2D eigenvalue weighted by atomic mass is 14.4. The van der Waals surface area contributed by atoms with Crippen LogP contribution >= 0.6 is 0 Å². The van der Waals surface area contributed by atoms with Gasteiger partial charge < -0.3 is 0 Å². The molecule has 0 heterocycles. The van der Waals surface area contributed by atoms with E-state index in [1.165, 1.54) is 30.4 Å². The van der Waals surface area contributed by atoms with Gasteiger partial charge in [-0.1, -0.05) is 80.9 Å². The molecule has 2 aromatic rings. The third-order valence-electron chi connectivity index (χ3n) is 5.26. The SMILES string of the molecule is CC1CCC(C(C)(c2ccccc2)c2ccccc2)C1. The zero-order valence-electron chi connectivity index (χ0n) is 12.5. The van der Waals surface area contributed by atoms with Gasteiger partial charge in [0.2, 0.25) is 0 Å². The van der Waals surface area contributed by atoms with Crippen molar-refractivity contribution in [2.24, 2.45) is 11.8 Å². The quantitative estimate of drug-likeness (QED) is 0.693. The molecule has 0 spiro atoms. The predicted molar refractivity (Wildman–Crippen MR) is 85.8 cm³/mol. The summed E-state index contributed by atoms with van der Waals surface area (Å²) < 4.78 is 0. The molecule has 0 aromatic heterocycles. The molecule has 104 valence electrons. The Morgan fingerprint density at radius 3 is 1.70 bits per heavy atom. The lowest BCUT2D eigenvalue weighted by Crippen LogP contribution is -2.32. The Kier molecular flexibility index (Phi) is 3.65. The van der Waals surface area contributed by atoms with Crippen LogP contribution in [0.5, 0.6) is 0 Å². The molecule has 0 saturated heterocycles. The highest BCUT2D eigenvalue weighted by Gasteiger charge is 2.40. The average Bonchev–Trinajstić information content (AvgIpc) is 2.95. The molecule has 2 atom stereocenters. The summed E-state index contributed by atoms with van der Waals surface area (Å²) in [6.45, 7) is 4.84. The Bertz CT molecular complexity index is 501. The van der Waals surface area contributed by atoms with Crippen molar-refractivity contribution in [3.8, 4) is 0 Å². The Labute approximate surface area is 122 Å². The van der Waals surface area contributed by atoms with Gasteiger partial charge in [0.1, 0.15) is 0 Å². The third-order valence-corrected chi connectivity index (χ3v) is 5.26. The summed E-state index contributed by atoms with van der Waals surface area (Å²) >= 11 is 0. The number of rotatable bonds is 3. The van der Waals surface area contributed by atoms with Gasteiger partial charge in [-0.2, -0.15) is 0 Å². The van der Waals surface area contributed by atoms with Crippen LogP contribution in [0.15, 0.2) is 60.7 Å². The maximum atomic E-state index is 2.44. The minimum Gasteiger partial charge on any atom is -0.0625 e. The molecule has 3 rings (SSSR count). The van der Waals surface area contributed by atoms with Crippen molar-refractivity contribution >= 4 is 0 Å². The minimum atomic E-state index is 0.146. The molecule has 1 aliphatic rings. The van der Waals surface area contributed by atoms with Gasteiger partial charge in [-0.05, 0) is 35.8 Å². The van der Waals surface area contributed by atoms with Crippen molar-refractivity contribution in [2.45, 2.75) is 38.5 Å². The van der Waals surface area contributed by atoms with Gasteiger partial charge in [-0.25, -0.2) is 0 Å². The van der Waals surface area contributed by atoms with Gasteiger partial charge in [-0.15, -0.1) is 0 Å². The lowest BCUT2D eigenvalue weighted by molar-refractivity contribution is 0.344. The standard InChI is InChI=1S/C20H24/c1-16-13-14-19(15-16)20(2,17-9-5-3-6-10-17)18-11-7-4-8-12-18/h3-12,16,19H,13-15H2,1-2H3. The smallest absolute Gasteiger partial charge is 0.0203 e. The van der Waals surface area contributed by atoms with Crippen LogP contribution in [0, 0.1) is 11.8 Å². The van der Waals surface area contributed by atoms with Gasteiger partial charge in [0.05, 0.1) is 0 Å². The van der Waals surface area contributed by atoms with Crippen LogP contribution in [0.4, 0.5) is 0 Å². The Hall–Kier alpha value is -1.56. The molecule has 0 heteroatoms. The van der Waals surface area contributed by atoms with Crippen molar-refractivity contribution in [1.82, 2.24) is 0 Å². The Morgan fingerprint density at radius 1 is 0.800 bits per heavy atom. The van der Waals surface area contributed by atoms with E-state index in [2.05, 4.69) is 74.5 Å². The van der Waals surface area contributed by atoms with Crippen LogP contribution in [0.3, 0.4) is 0 Å². The zero-order valence-corrected chi connectivity index (χ0v) is 12.5. The summed E-state index contributed by atoms with van der Waals surface area (Å²) in [5, 5.41) is 0. The van der Waals surface area contributed by atoms with Gasteiger partial charge in [-0.3, -0.25) is 0 Å². The Balaban J connectivity index is 2.08. The van der Waals surface area contributed by atoms with Gasteiger partial charge in [0.25, 0.3) is 0 Å². The maximum absolute atomic E-state index is 2.44. The summed E-state index contributed by atoms with van der Waals surface area (Å²) in [7, 11) is 0. The summed E-state index contributed by atoms with van der Waals surface area (Å²) in [5.74, 6) is 1.62. The first-order chi connectivity index (χ1) is 9.71. The molecule has 0 amide bonds. The second kappa shape index (κ2) is 5.44. The lowest BCUT2D eigenvalue weighted by atomic mass is 9.66. The summed E-state index contributed by atoms with van der Waals surface area (Å²) in [5.41, 5.74) is 3.07. The average molecular weight is 264 g/mol. The van der Waals surface area contributed by atoms with Crippen LogP contribution < -0.4 is 0 Å². The first-order valence-corrected chi connectivity index (χ1v) is 7.82. The van der Waals surface area contributed by atoms with E-state index in [1.807, 2.05) is 0 Å². The molecule has 0 radical (unpaired) electrons. The highest BCUT2D eigenvalue weighted by Crippen LogP contribution is 2.48. The van der Waals surface area contributed by atoms with E-state index in [1.54, 1.807) is 0 Å². The molecule has 2 aromatic carbocycles. The van der Waals surface area contributed by atoms with Crippen LogP contribution in [0.25, 0.3) is 0 Å². The second-order valence-corrected chi connectivity index (χ2v) is 6.55. The molecular formula is C20H24. The fourth-order valence-corrected chi connectivity index (χ4v) is 3.94. The van der Waals surface area contributed by atoms with Crippen LogP contribution in [-0.2, 0) is 5.41 Å². The lowest BCUT2D eigenvalue weighted by Gasteiger charge is -2.37. The first kappa shape index (κ1) is 13.4. The molecule has 1 saturated carbocycles. The molecule has 2 unspecified atom stereocenters. The van der Waals surface area contributed by atoms with Crippen molar-refractivity contribution < 1.29 is 0 Å². The van der Waals surface area contributed by atoms with Crippen molar-refractivity contribution in [3.05, 3.63) is 71.8 Å². The van der Waals surface area contributed by atoms with Gasteiger partial charge >= 0.3 is 0 Å². The molecule has 0 N–H and O–H groups in total. The largest absolute Gasteiger partial charge is 0.0625 e. The van der Waals surface area contributed by atoms with Crippen molar-refractivity contribution in [2.75, 3.05) is 0 Å². The number of benzene rings is 2. The van der Waals surface area contributed by atoms with E-state index in [4.69, 9.17) is 0 Å². The summed E-state index contributed by atoms with van der Waals surface area (Å²) in [4.78, 5) is 0. The maximum Gasteiger partial charge on any atom is 0.0203 e. The molecule has 0 bridgehead atoms. The van der Waals surface area contributed by atoms with Crippen molar-refractivity contribution in [1.29, 1.82) is 0 Å². The second-order valence-electron chi connectivity index (χ2n) is 6.55.